The smallest absolute Gasteiger partial charge is 0.323 e. The van der Waals surface area contributed by atoms with Gasteiger partial charge in [0.15, 0.2) is 0 Å². The number of para-hydroxylation sites is 1. The number of aromatic nitrogens is 1. The second-order valence-electron chi connectivity index (χ2n) is 4.82. The summed E-state index contributed by atoms with van der Waals surface area (Å²) in [6, 6.07) is 5.06. The first kappa shape index (κ1) is 12.5. The highest BCUT2D eigenvalue weighted by molar-refractivity contribution is 6.35. The molecule has 3 N–H and O–H groups in total. The van der Waals surface area contributed by atoms with Gasteiger partial charge in [0, 0.05) is 23.6 Å². The van der Waals surface area contributed by atoms with Gasteiger partial charge in [-0.2, -0.15) is 0 Å². The van der Waals surface area contributed by atoms with E-state index in [1.807, 2.05) is 12.1 Å². The van der Waals surface area contributed by atoms with Gasteiger partial charge in [-0.25, -0.2) is 4.79 Å². The molecule has 1 amide bonds. The van der Waals surface area contributed by atoms with E-state index in [9.17, 15) is 9.90 Å². The molecule has 1 heterocycles. The van der Waals surface area contributed by atoms with Crippen LogP contribution in [0.4, 0.5) is 4.79 Å². The summed E-state index contributed by atoms with van der Waals surface area (Å²) < 4.78 is 1.52. The van der Waals surface area contributed by atoms with E-state index in [0.717, 1.165) is 29.0 Å². The lowest BCUT2D eigenvalue weighted by Crippen LogP contribution is -2.24. The molecule has 1 aliphatic rings. The number of nitrogens with two attached hydrogens (primary N) is 1. The molecule has 0 spiro atoms. The molecular weight excluding hydrogens is 264 g/mol. The lowest BCUT2D eigenvalue weighted by Gasteiger charge is -2.20. The van der Waals surface area contributed by atoms with Crippen LogP contribution in [-0.4, -0.2) is 22.3 Å². The third-order valence-corrected chi connectivity index (χ3v) is 4.04. The zero-order chi connectivity index (χ0) is 13.6. The number of aliphatic hydroxyl groups excluding tert-OH is 1. The van der Waals surface area contributed by atoms with Crippen molar-refractivity contribution in [3.63, 3.8) is 0 Å². The largest absolute Gasteiger partial charge is 0.396 e. The Morgan fingerprint density at radius 3 is 2.89 bits per heavy atom. The second kappa shape index (κ2) is 4.54. The van der Waals surface area contributed by atoms with E-state index in [2.05, 4.69) is 0 Å². The third kappa shape index (κ3) is 1.83. The molecule has 3 rings (SSSR count). The van der Waals surface area contributed by atoms with E-state index in [-0.39, 0.29) is 6.61 Å². The first-order valence-corrected chi connectivity index (χ1v) is 6.56. The van der Waals surface area contributed by atoms with Gasteiger partial charge in [-0.3, -0.25) is 4.57 Å². The minimum Gasteiger partial charge on any atom is -0.396 e. The van der Waals surface area contributed by atoms with Crippen LogP contribution in [0.5, 0.6) is 0 Å². The molecule has 0 bridgehead atoms. The normalized spacial score (nSPS) is 15.7. The molecule has 0 fully saturated rings. The maximum absolute atomic E-state index is 11.7. The van der Waals surface area contributed by atoms with Gasteiger partial charge < -0.3 is 10.8 Å². The van der Waals surface area contributed by atoms with E-state index >= 15 is 0 Å². The zero-order valence-corrected chi connectivity index (χ0v) is 11.1. The third-order valence-electron chi connectivity index (χ3n) is 3.74. The number of rotatable bonds is 1. The summed E-state index contributed by atoms with van der Waals surface area (Å²) in [5.41, 5.74) is 8.16. The van der Waals surface area contributed by atoms with Gasteiger partial charge >= 0.3 is 6.03 Å². The van der Waals surface area contributed by atoms with Gasteiger partial charge in [0.05, 0.1) is 10.5 Å². The van der Waals surface area contributed by atoms with Crippen molar-refractivity contribution in [3.8, 4) is 0 Å². The van der Waals surface area contributed by atoms with E-state index in [1.54, 1.807) is 6.07 Å². The van der Waals surface area contributed by atoms with Crippen molar-refractivity contribution in [3.05, 3.63) is 40.4 Å². The van der Waals surface area contributed by atoms with Crippen molar-refractivity contribution in [1.29, 1.82) is 0 Å². The summed E-state index contributed by atoms with van der Waals surface area (Å²) in [6.07, 6.45) is 2.17. The molecule has 1 radical (unpaired) electrons. The Bertz CT molecular complexity index is 663. The van der Waals surface area contributed by atoms with E-state index < -0.39 is 6.03 Å². The number of primary amides is 1. The van der Waals surface area contributed by atoms with Crippen LogP contribution < -0.4 is 5.73 Å². The number of amides is 1. The van der Waals surface area contributed by atoms with Crippen molar-refractivity contribution in [2.75, 3.05) is 6.61 Å². The topological polar surface area (TPSA) is 68.2 Å². The number of benzene rings is 1. The molecule has 0 unspecified atom stereocenters. The van der Waals surface area contributed by atoms with Gasteiger partial charge in [-0.05, 0) is 30.9 Å². The van der Waals surface area contributed by atoms with E-state index in [1.165, 1.54) is 4.57 Å². The molecule has 0 aliphatic heterocycles. The van der Waals surface area contributed by atoms with Gasteiger partial charge in [0.2, 0.25) is 0 Å². The lowest BCUT2D eigenvalue weighted by molar-refractivity contribution is 0.250. The maximum Gasteiger partial charge on any atom is 0.323 e. The molecule has 0 atom stereocenters. The summed E-state index contributed by atoms with van der Waals surface area (Å²) in [4.78, 5) is 11.7. The number of carbonyl (C=O) groups excluding carboxylic acids is 1. The molecule has 1 aliphatic carbocycles. The van der Waals surface area contributed by atoms with Crippen molar-refractivity contribution in [2.45, 2.75) is 19.3 Å². The van der Waals surface area contributed by atoms with Crippen LogP contribution in [0.1, 0.15) is 17.7 Å². The minimum absolute atomic E-state index is 0.0866. The number of fused-ring (bicyclic) bond motifs is 3. The summed E-state index contributed by atoms with van der Waals surface area (Å²) in [6.45, 7) is 0.0866. The fourth-order valence-corrected chi connectivity index (χ4v) is 3.14. The van der Waals surface area contributed by atoms with Crippen LogP contribution in [0, 0.1) is 5.92 Å². The fraction of sp³-hybridized carbons (Fsp3) is 0.286. The number of hydrogen-bond donors (Lipinski definition) is 2. The molecule has 2 aromatic rings. The quantitative estimate of drug-likeness (QED) is 0.840. The predicted molar refractivity (Wildman–Crippen MR) is 74.3 cm³/mol. The highest BCUT2D eigenvalue weighted by Gasteiger charge is 2.27. The first-order chi connectivity index (χ1) is 9.13. The van der Waals surface area contributed by atoms with E-state index in [0.29, 0.717) is 23.4 Å². The van der Waals surface area contributed by atoms with Crippen LogP contribution in [0.2, 0.25) is 5.02 Å². The molecule has 0 saturated carbocycles. The highest BCUT2D eigenvalue weighted by atomic mass is 35.5. The maximum atomic E-state index is 11.7. The molecule has 0 saturated heterocycles. The van der Waals surface area contributed by atoms with Gasteiger partial charge in [-0.1, -0.05) is 23.7 Å². The Balaban J connectivity index is 2.32. The van der Waals surface area contributed by atoms with Gasteiger partial charge in [0.1, 0.15) is 0 Å². The SMILES string of the molecule is NC(=O)n1c2c(c3cccc(Cl)c31)C[C](CO)CC2. The van der Waals surface area contributed by atoms with Crippen molar-refractivity contribution >= 4 is 28.5 Å². The number of nitrogens with zero attached hydrogens (tertiary/aromatic N) is 1. The summed E-state index contributed by atoms with van der Waals surface area (Å²) >= 11 is 6.21. The van der Waals surface area contributed by atoms with Gasteiger partial charge in [-0.15, -0.1) is 0 Å². The van der Waals surface area contributed by atoms with Crippen molar-refractivity contribution in [1.82, 2.24) is 4.57 Å². The average molecular weight is 278 g/mol. The van der Waals surface area contributed by atoms with E-state index in [4.69, 9.17) is 17.3 Å². The predicted octanol–water partition coefficient (Wildman–Crippen LogP) is 2.28. The Hall–Kier alpha value is -1.52. The molecule has 5 heteroatoms. The first-order valence-electron chi connectivity index (χ1n) is 6.18. The van der Waals surface area contributed by atoms with Gasteiger partial charge in [0.25, 0.3) is 0 Å². The summed E-state index contributed by atoms with van der Waals surface area (Å²) in [7, 11) is 0. The number of hydrogen-bond acceptors (Lipinski definition) is 2. The Labute approximate surface area is 115 Å². The number of carbonyl (C=O) groups is 1. The number of aliphatic hydroxyl groups is 1. The minimum atomic E-state index is -0.508. The fourth-order valence-electron chi connectivity index (χ4n) is 2.88. The van der Waals surface area contributed by atoms with Crippen LogP contribution in [0.15, 0.2) is 18.2 Å². The molecule has 4 nitrogen and oxygen atoms in total. The summed E-state index contributed by atoms with van der Waals surface area (Å²) in [5, 5.41) is 10.8. The molecular formula is C14H14ClN2O2. The van der Waals surface area contributed by atoms with Crippen LogP contribution >= 0.6 is 11.6 Å². The van der Waals surface area contributed by atoms with Crippen LogP contribution in [0.25, 0.3) is 10.9 Å². The Morgan fingerprint density at radius 1 is 1.42 bits per heavy atom. The summed E-state index contributed by atoms with van der Waals surface area (Å²) in [5.74, 6) is 1.08. The Kier molecular flexibility index (Phi) is 2.99. The molecule has 99 valence electrons. The highest BCUT2D eigenvalue weighted by Crippen LogP contribution is 2.37. The molecule has 19 heavy (non-hydrogen) atoms. The zero-order valence-electron chi connectivity index (χ0n) is 10.3. The molecule has 1 aromatic carbocycles. The van der Waals surface area contributed by atoms with Crippen molar-refractivity contribution < 1.29 is 9.90 Å². The average Bonchev–Trinajstić information content (AvgIpc) is 2.74. The monoisotopic (exact) mass is 277 g/mol. The second-order valence-corrected chi connectivity index (χ2v) is 5.23. The lowest BCUT2D eigenvalue weighted by atomic mass is 9.87. The van der Waals surface area contributed by atoms with Crippen LogP contribution in [-0.2, 0) is 12.8 Å². The standard InChI is InChI=1S/C14H14ClN2O2/c15-11-3-1-2-9-10-6-8(7-18)4-5-12(10)17(13(9)11)14(16)19/h1-3,18H,4-7H2,(H2,16,19). The number of halogens is 1. The molecule has 1 aromatic heterocycles. The van der Waals surface area contributed by atoms with Crippen molar-refractivity contribution in [2.24, 2.45) is 5.73 Å². The van der Waals surface area contributed by atoms with Crippen LogP contribution in [0.3, 0.4) is 0 Å². The Morgan fingerprint density at radius 2 is 2.21 bits per heavy atom.